The zero-order valence-electron chi connectivity index (χ0n) is 9.56. The summed E-state index contributed by atoms with van der Waals surface area (Å²) in [4.78, 5) is 4.70. The van der Waals surface area contributed by atoms with Gasteiger partial charge in [-0.1, -0.05) is 40.5 Å². The van der Waals surface area contributed by atoms with E-state index in [9.17, 15) is 0 Å². The Kier molecular flexibility index (Phi) is 3.22. The van der Waals surface area contributed by atoms with Crippen LogP contribution in [-0.4, -0.2) is 4.98 Å². The maximum absolute atomic E-state index is 6.42. The number of benzene rings is 1. The van der Waals surface area contributed by atoms with E-state index in [4.69, 9.17) is 16.6 Å². The number of rotatable bonds is 1. The summed E-state index contributed by atoms with van der Waals surface area (Å²) in [6.45, 7) is 6.19. The van der Waals surface area contributed by atoms with Gasteiger partial charge in [0.15, 0.2) is 0 Å². The molecular weight excluding hydrogens is 286 g/mol. The van der Waals surface area contributed by atoms with Crippen molar-refractivity contribution in [3.05, 3.63) is 38.4 Å². The molecule has 0 amide bonds. The first-order valence-electron chi connectivity index (χ1n) is 5.30. The fourth-order valence-corrected chi connectivity index (χ4v) is 2.83. The highest BCUT2D eigenvalue weighted by Crippen LogP contribution is 2.34. The molecule has 0 fully saturated rings. The Labute approximate surface area is 109 Å². The number of hydrogen-bond donors (Lipinski definition) is 0. The van der Waals surface area contributed by atoms with Gasteiger partial charge in [-0.15, -0.1) is 0 Å². The van der Waals surface area contributed by atoms with Crippen LogP contribution < -0.4 is 0 Å². The number of pyridine rings is 1. The molecule has 0 unspecified atom stereocenters. The lowest BCUT2D eigenvalue weighted by Gasteiger charge is -2.11. The summed E-state index contributed by atoms with van der Waals surface area (Å²) in [6.07, 6.45) is 0.910. The topological polar surface area (TPSA) is 12.9 Å². The number of hydrogen-bond acceptors (Lipinski definition) is 1. The summed E-state index contributed by atoms with van der Waals surface area (Å²) in [7, 11) is 0. The van der Waals surface area contributed by atoms with Crippen molar-refractivity contribution in [2.45, 2.75) is 27.2 Å². The van der Waals surface area contributed by atoms with Gasteiger partial charge in [-0.05, 0) is 37.5 Å². The number of aryl methyl sites for hydroxylation is 2. The van der Waals surface area contributed by atoms with Gasteiger partial charge in [0, 0.05) is 15.6 Å². The number of aromatic nitrogens is 1. The molecule has 1 heterocycles. The lowest BCUT2D eigenvalue weighted by Crippen LogP contribution is -1.96. The Morgan fingerprint density at radius 1 is 1.31 bits per heavy atom. The molecule has 3 heteroatoms. The van der Waals surface area contributed by atoms with Crippen LogP contribution in [-0.2, 0) is 6.42 Å². The fraction of sp³-hybridized carbons (Fsp3) is 0.308. The molecule has 0 saturated carbocycles. The van der Waals surface area contributed by atoms with Gasteiger partial charge in [-0.3, -0.25) is 4.98 Å². The third-order valence-electron chi connectivity index (χ3n) is 2.89. The summed E-state index contributed by atoms with van der Waals surface area (Å²) in [5, 5.41) is 1.84. The zero-order valence-corrected chi connectivity index (χ0v) is 11.9. The molecule has 0 radical (unpaired) electrons. The van der Waals surface area contributed by atoms with E-state index < -0.39 is 0 Å². The van der Waals surface area contributed by atoms with Crippen molar-refractivity contribution in [2.24, 2.45) is 0 Å². The second-order valence-electron chi connectivity index (χ2n) is 3.94. The van der Waals surface area contributed by atoms with E-state index in [1.54, 1.807) is 0 Å². The maximum Gasteiger partial charge on any atom is 0.0761 e. The van der Waals surface area contributed by atoms with Crippen molar-refractivity contribution < 1.29 is 0 Å². The predicted octanol–water partition coefficient (Wildman–Crippen LogP) is 4.83. The Balaban J connectivity index is 2.97. The monoisotopic (exact) mass is 297 g/mol. The first kappa shape index (κ1) is 11.9. The average molecular weight is 299 g/mol. The molecule has 0 N–H and O–H groups in total. The molecule has 2 rings (SSSR count). The van der Waals surface area contributed by atoms with E-state index >= 15 is 0 Å². The summed E-state index contributed by atoms with van der Waals surface area (Å²) < 4.78 is 1.01. The van der Waals surface area contributed by atoms with E-state index in [-0.39, 0.29) is 0 Å². The van der Waals surface area contributed by atoms with Crippen molar-refractivity contribution in [2.75, 3.05) is 0 Å². The highest BCUT2D eigenvalue weighted by molar-refractivity contribution is 9.10. The largest absolute Gasteiger partial charge is 0.252 e. The Morgan fingerprint density at radius 3 is 2.62 bits per heavy atom. The summed E-state index contributed by atoms with van der Waals surface area (Å²) >= 11 is 9.96. The van der Waals surface area contributed by atoms with Crippen LogP contribution in [0, 0.1) is 13.8 Å². The smallest absolute Gasteiger partial charge is 0.0761 e. The molecule has 2 aromatic rings. The number of fused-ring (bicyclic) bond motifs is 1. The summed E-state index contributed by atoms with van der Waals surface area (Å²) in [5.74, 6) is 0. The minimum absolute atomic E-state index is 0.817. The van der Waals surface area contributed by atoms with Gasteiger partial charge in [0.2, 0.25) is 0 Å². The molecule has 0 atom stereocenters. The van der Waals surface area contributed by atoms with E-state index in [0.717, 1.165) is 43.6 Å². The van der Waals surface area contributed by atoms with E-state index in [1.807, 2.05) is 13.0 Å². The minimum atomic E-state index is 0.817. The quantitative estimate of drug-likeness (QED) is 0.735. The molecule has 0 spiro atoms. The molecule has 0 bridgehead atoms. The molecule has 0 aliphatic carbocycles. The summed E-state index contributed by atoms with van der Waals surface area (Å²) in [5.41, 5.74) is 4.33. The minimum Gasteiger partial charge on any atom is -0.252 e. The maximum atomic E-state index is 6.42. The van der Waals surface area contributed by atoms with E-state index in [1.165, 1.54) is 0 Å². The average Bonchev–Trinajstić information content (AvgIpc) is 2.27. The molecular formula is C13H13BrClN. The van der Waals surface area contributed by atoms with E-state index in [0.29, 0.717) is 0 Å². The second-order valence-corrected chi connectivity index (χ2v) is 5.17. The van der Waals surface area contributed by atoms with Crippen molar-refractivity contribution in [1.82, 2.24) is 4.98 Å². The van der Waals surface area contributed by atoms with Gasteiger partial charge in [0.25, 0.3) is 0 Å². The Morgan fingerprint density at radius 2 is 2.00 bits per heavy atom. The van der Waals surface area contributed by atoms with Crippen LogP contribution in [0.1, 0.15) is 23.7 Å². The first-order chi connectivity index (χ1) is 7.56. The van der Waals surface area contributed by atoms with Crippen LogP contribution in [0.2, 0.25) is 5.02 Å². The van der Waals surface area contributed by atoms with E-state index in [2.05, 4.69) is 35.8 Å². The van der Waals surface area contributed by atoms with Crippen LogP contribution in [0.5, 0.6) is 0 Å². The van der Waals surface area contributed by atoms with Gasteiger partial charge in [-0.2, -0.15) is 0 Å². The molecule has 0 aliphatic rings. The number of halogens is 2. The van der Waals surface area contributed by atoms with Crippen molar-refractivity contribution >= 4 is 38.4 Å². The number of nitrogens with zero attached hydrogens (tertiary/aromatic N) is 1. The van der Waals surface area contributed by atoms with Crippen molar-refractivity contribution in [1.29, 1.82) is 0 Å². The van der Waals surface area contributed by atoms with Crippen molar-refractivity contribution in [3.8, 4) is 0 Å². The normalized spacial score (nSPS) is 11.1. The SMILES string of the molecule is CCc1nc2c(C)ccc(Br)c2c(Cl)c1C. The predicted molar refractivity (Wildman–Crippen MR) is 73.3 cm³/mol. The highest BCUT2D eigenvalue weighted by atomic mass is 79.9. The lowest BCUT2D eigenvalue weighted by atomic mass is 10.1. The standard InChI is InChI=1S/C13H13BrClN/c1-4-10-8(3)12(15)11-9(14)6-5-7(2)13(11)16-10/h5-6H,4H2,1-3H3. The molecule has 0 saturated heterocycles. The van der Waals surface area contributed by atoms with Crippen LogP contribution in [0.3, 0.4) is 0 Å². The van der Waals surface area contributed by atoms with Crippen LogP contribution >= 0.6 is 27.5 Å². The third-order valence-corrected chi connectivity index (χ3v) is 4.03. The fourth-order valence-electron chi connectivity index (χ4n) is 1.90. The van der Waals surface area contributed by atoms with Gasteiger partial charge < -0.3 is 0 Å². The lowest BCUT2D eigenvalue weighted by molar-refractivity contribution is 1.03. The van der Waals surface area contributed by atoms with Gasteiger partial charge in [0.05, 0.1) is 10.5 Å². The molecule has 0 aliphatic heterocycles. The van der Waals surface area contributed by atoms with Gasteiger partial charge >= 0.3 is 0 Å². The van der Waals surface area contributed by atoms with Crippen LogP contribution in [0.15, 0.2) is 16.6 Å². The molecule has 1 aromatic heterocycles. The third kappa shape index (κ3) is 1.74. The van der Waals surface area contributed by atoms with Gasteiger partial charge in [0.1, 0.15) is 0 Å². The highest BCUT2D eigenvalue weighted by Gasteiger charge is 2.12. The summed E-state index contributed by atoms with van der Waals surface area (Å²) in [6, 6.07) is 4.08. The van der Waals surface area contributed by atoms with Crippen LogP contribution in [0.25, 0.3) is 10.9 Å². The molecule has 1 nitrogen and oxygen atoms in total. The second kappa shape index (κ2) is 4.34. The Hall–Kier alpha value is -0.600. The molecule has 16 heavy (non-hydrogen) atoms. The van der Waals surface area contributed by atoms with Gasteiger partial charge in [-0.25, -0.2) is 0 Å². The molecule has 1 aromatic carbocycles. The first-order valence-corrected chi connectivity index (χ1v) is 6.47. The Bertz CT molecular complexity index is 564. The van der Waals surface area contributed by atoms with Crippen molar-refractivity contribution in [3.63, 3.8) is 0 Å². The molecule has 84 valence electrons. The van der Waals surface area contributed by atoms with Crippen LogP contribution in [0.4, 0.5) is 0 Å². The zero-order chi connectivity index (χ0) is 11.9.